The van der Waals surface area contributed by atoms with Gasteiger partial charge in [-0.05, 0) is 75.6 Å². The predicted molar refractivity (Wildman–Crippen MR) is 118 cm³/mol. The zero-order valence-electron chi connectivity index (χ0n) is 17.5. The number of hydrogen-bond donors (Lipinski definition) is 1. The Hall–Kier alpha value is -1.34. The summed E-state index contributed by atoms with van der Waals surface area (Å²) in [6.07, 6.45) is 22.7. The van der Waals surface area contributed by atoms with Crippen molar-refractivity contribution in [1.82, 2.24) is 5.32 Å². The van der Waals surface area contributed by atoms with E-state index in [0.29, 0.717) is 5.92 Å². The molecule has 0 aromatic rings. The Morgan fingerprint density at radius 3 is 2.54 bits per heavy atom. The summed E-state index contributed by atoms with van der Waals surface area (Å²) in [5.74, 6) is 1.52. The summed E-state index contributed by atoms with van der Waals surface area (Å²) in [4.78, 5) is 0. The van der Waals surface area contributed by atoms with Crippen LogP contribution in [0.5, 0.6) is 0 Å². The van der Waals surface area contributed by atoms with Crippen LogP contribution in [0.2, 0.25) is 0 Å². The molecule has 1 aliphatic rings. The van der Waals surface area contributed by atoms with Crippen molar-refractivity contribution >= 4 is 0 Å². The van der Waals surface area contributed by atoms with Gasteiger partial charge in [0.05, 0.1) is 0 Å². The molecule has 1 nitrogen and oxygen atoms in total. The van der Waals surface area contributed by atoms with Crippen molar-refractivity contribution in [3.8, 4) is 0 Å². The quantitative estimate of drug-likeness (QED) is 0.273. The first-order valence-electron chi connectivity index (χ1n) is 10.6. The molecule has 0 spiro atoms. The van der Waals surface area contributed by atoms with E-state index < -0.39 is 0 Å². The summed E-state index contributed by atoms with van der Waals surface area (Å²) in [6.45, 7) is 13.5. The van der Waals surface area contributed by atoms with Crippen molar-refractivity contribution in [2.45, 2.75) is 71.6 Å². The average molecular weight is 356 g/mol. The lowest BCUT2D eigenvalue weighted by Crippen LogP contribution is -2.19. The topological polar surface area (TPSA) is 12.0 Å². The highest BCUT2D eigenvalue weighted by Crippen LogP contribution is 2.31. The van der Waals surface area contributed by atoms with Crippen LogP contribution in [0, 0.1) is 11.8 Å². The largest absolute Gasteiger partial charge is 0.319 e. The van der Waals surface area contributed by atoms with Crippen LogP contribution < -0.4 is 5.32 Å². The van der Waals surface area contributed by atoms with Crippen LogP contribution in [-0.2, 0) is 0 Å². The van der Waals surface area contributed by atoms with E-state index in [0.717, 1.165) is 31.7 Å². The van der Waals surface area contributed by atoms with Crippen molar-refractivity contribution in [3.05, 3.63) is 60.3 Å². The lowest BCUT2D eigenvalue weighted by atomic mass is 9.90. The van der Waals surface area contributed by atoms with E-state index in [9.17, 15) is 0 Å². The Morgan fingerprint density at radius 2 is 1.96 bits per heavy atom. The summed E-state index contributed by atoms with van der Waals surface area (Å²) >= 11 is 0. The van der Waals surface area contributed by atoms with Crippen molar-refractivity contribution < 1.29 is 0 Å². The maximum Gasteiger partial charge on any atom is -0.00202 e. The highest BCUT2D eigenvalue weighted by atomic mass is 14.8. The van der Waals surface area contributed by atoms with Gasteiger partial charge in [-0.1, -0.05) is 75.1 Å². The molecule has 0 bridgehead atoms. The van der Waals surface area contributed by atoms with Gasteiger partial charge in [0.15, 0.2) is 0 Å². The summed E-state index contributed by atoms with van der Waals surface area (Å²) in [5, 5.41) is 3.34. The normalized spacial score (nSPS) is 17.8. The van der Waals surface area contributed by atoms with E-state index in [2.05, 4.69) is 56.6 Å². The molecule has 1 N–H and O–H groups in total. The second-order valence-electron chi connectivity index (χ2n) is 7.87. The third kappa shape index (κ3) is 9.38. The molecule has 0 aromatic heterocycles. The summed E-state index contributed by atoms with van der Waals surface area (Å²) in [7, 11) is 2.04. The molecule has 0 radical (unpaired) electrons. The minimum absolute atomic E-state index is 0.638. The van der Waals surface area contributed by atoms with E-state index >= 15 is 0 Å². The van der Waals surface area contributed by atoms with Crippen LogP contribution in [0.3, 0.4) is 0 Å². The highest BCUT2D eigenvalue weighted by Gasteiger charge is 2.15. The minimum Gasteiger partial charge on any atom is -0.319 e. The molecule has 1 heteroatoms. The Bertz CT molecular complexity index is 500. The molecule has 0 aliphatic heterocycles. The predicted octanol–water partition coefficient (Wildman–Crippen LogP) is 7.15. The third-order valence-corrected chi connectivity index (χ3v) is 5.39. The van der Waals surface area contributed by atoms with Gasteiger partial charge in [-0.3, -0.25) is 0 Å². The van der Waals surface area contributed by atoms with Gasteiger partial charge in [0, 0.05) is 0 Å². The molecule has 1 aliphatic carbocycles. The van der Waals surface area contributed by atoms with Crippen molar-refractivity contribution in [2.24, 2.45) is 11.8 Å². The molecule has 26 heavy (non-hydrogen) atoms. The van der Waals surface area contributed by atoms with Crippen LogP contribution in [0.25, 0.3) is 0 Å². The monoisotopic (exact) mass is 355 g/mol. The van der Waals surface area contributed by atoms with Crippen molar-refractivity contribution in [1.29, 1.82) is 0 Å². The van der Waals surface area contributed by atoms with E-state index in [1.165, 1.54) is 55.2 Å². The molecular formula is C25H41N. The Kier molecular flexibility index (Phi) is 12.1. The first-order chi connectivity index (χ1) is 12.6. The van der Waals surface area contributed by atoms with Gasteiger partial charge in [-0.25, -0.2) is 0 Å². The average Bonchev–Trinajstić information content (AvgIpc) is 3.13. The molecule has 0 heterocycles. The molecule has 1 atom stereocenters. The van der Waals surface area contributed by atoms with Crippen molar-refractivity contribution in [2.75, 3.05) is 13.6 Å². The van der Waals surface area contributed by atoms with E-state index in [4.69, 9.17) is 0 Å². The van der Waals surface area contributed by atoms with E-state index in [-0.39, 0.29) is 0 Å². The third-order valence-electron chi connectivity index (χ3n) is 5.39. The molecule has 146 valence electrons. The van der Waals surface area contributed by atoms with Gasteiger partial charge in [-0.15, -0.1) is 6.58 Å². The number of allylic oxidation sites excluding steroid dienone is 8. The molecular weight excluding hydrogens is 314 g/mol. The fourth-order valence-electron chi connectivity index (χ4n) is 3.83. The molecule has 1 fully saturated rings. The van der Waals surface area contributed by atoms with Gasteiger partial charge < -0.3 is 5.32 Å². The lowest BCUT2D eigenvalue weighted by molar-refractivity contribution is 0.465. The standard InChI is InChI=1S/C25H41N/c1-6-8-12-23(18-22-14-10-11-15-22)16-17-25(21(3)4)19-24(20-26-5)13-9-7-2/h7-8,12,16-17,22,24,26H,2-3,6,9-11,13-15,18-20H2,1,4-5H3/b12-8+,23-16+,25-17+. The van der Waals surface area contributed by atoms with Gasteiger partial charge >= 0.3 is 0 Å². The smallest absolute Gasteiger partial charge is 0.00202 e. The molecule has 0 aromatic carbocycles. The summed E-state index contributed by atoms with van der Waals surface area (Å²) in [6, 6.07) is 0. The lowest BCUT2D eigenvalue weighted by Gasteiger charge is -2.18. The van der Waals surface area contributed by atoms with Gasteiger partial charge in [0.25, 0.3) is 0 Å². The first kappa shape index (κ1) is 22.7. The Labute approximate surface area is 163 Å². The zero-order chi connectivity index (χ0) is 19.2. The Morgan fingerprint density at radius 1 is 1.23 bits per heavy atom. The second kappa shape index (κ2) is 13.8. The molecule has 1 saturated carbocycles. The highest BCUT2D eigenvalue weighted by molar-refractivity contribution is 5.34. The van der Waals surface area contributed by atoms with Crippen LogP contribution in [0.4, 0.5) is 0 Å². The fraction of sp³-hybridized carbons (Fsp3) is 0.600. The van der Waals surface area contributed by atoms with Crippen LogP contribution in [0.15, 0.2) is 60.3 Å². The maximum atomic E-state index is 4.24. The number of nitrogens with one attached hydrogen (secondary N) is 1. The first-order valence-corrected chi connectivity index (χ1v) is 10.6. The van der Waals surface area contributed by atoms with Crippen LogP contribution >= 0.6 is 0 Å². The molecule has 0 amide bonds. The van der Waals surface area contributed by atoms with E-state index in [1.807, 2.05) is 13.1 Å². The molecule has 0 saturated heterocycles. The molecule has 1 rings (SSSR count). The van der Waals surface area contributed by atoms with Crippen LogP contribution in [0.1, 0.15) is 71.6 Å². The second-order valence-corrected chi connectivity index (χ2v) is 7.87. The number of hydrogen-bond acceptors (Lipinski definition) is 1. The van der Waals surface area contributed by atoms with Crippen LogP contribution in [-0.4, -0.2) is 13.6 Å². The SMILES string of the molecule is C=CCCC(CNC)C\C(=C/C=C(\C=C\CC)CC1CCCC1)C(=C)C. The van der Waals surface area contributed by atoms with Gasteiger partial charge in [0.1, 0.15) is 0 Å². The Balaban J connectivity index is 2.88. The fourth-order valence-corrected chi connectivity index (χ4v) is 3.83. The van der Waals surface area contributed by atoms with Crippen molar-refractivity contribution in [3.63, 3.8) is 0 Å². The summed E-state index contributed by atoms with van der Waals surface area (Å²) < 4.78 is 0. The maximum absolute atomic E-state index is 4.24. The van der Waals surface area contributed by atoms with E-state index in [1.54, 1.807) is 0 Å². The summed E-state index contributed by atoms with van der Waals surface area (Å²) in [5.41, 5.74) is 4.07. The van der Waals surface area contributed by atoms with Gasteiger partial charge in [0.2, 0.25) is 0 Å². The number of rotatable bonds is 13. The molecule has 1 unspecified atom stereocenters. The van der Waals surface area contributed by atoms with Gasteiger partial charge in [-0.2, -0.15) is 0 Å². The minimum atomic E-state index is 0.638. The zero-order valence-corrected chi connectivity index (χ0v) is 17.5.